The number of aliphatic carboxylic acids is 1. The average Bonchev–Trinajstić information content (AvgIpc) is 2.37. The maximum absolute atomic E-state index is 12.1. The van der Waals surface area contributed by atoms with Crippen LogP contribution in [0.1, 0.15) is 52.4 Å². The van der Waals surface area contributed by atoms with Gasteiger partial charge in [-0.3, -0.25) is 4.79 Å². The van der Waals surface area contributed by atoms with Crippen molar-refractivity contribution in [1.29, 1.82) is 0 Å². The van der Waals surface area contributed by atoms with Gasteiger partial charge in [-0.15, -0.1) is 0 Å². The monoisotopic (exact) mass is 277 g/mol. The summed E-state index contributed by atoms with van der Waals surface area (Å²) in [5.74, 6) is -0.962. The van der Waals surface area contributed by atoms with Crippen LogP contribution < -0.4 is 4.72 Å². The van der Waals surface area contributed by atoms with Crippen molar-refractivity contribution in [1.82, 2.24) is 4.72 Å². The van der Waals surface area contributed by atoms with Crippen LogP contribution in [0.15, 0.2) is 0 Å². The molecule has 6 heteroatoms. The average molecular weight is 277 g/mol. The molecule has 0 aromatic rings. The van der Waals surface area contributed by atoms with Gasteiger partial charge in [-0.05, 0) is 26.2 Å². The summed E-state index contributed by atoms with van der Waals surface area (Å²) in [5.41, 5.74) is -1.03. The first-order chi connectivity index (χ1) is 8.32. The van der Waals surface area contributed by atoms with Crippen LogP contribution in [0.25, 0.3) is 0 Å². The molecule has 0 aliphatic heterocycles. The Morgan fingerprint density at radius 1 is 1.33 bits per heavy atom. The van der Waals surface area contributed by atoms with Crippen LogP contribution in [-0.4, -0.2) is 31.3 Å². The SMILES string of the molecule is CCC(C)(CNS(=O)(=O)C1CCCCC1)C(=O)O. The highest BCUT2D eigenvalue weighted by atomic mass is 32.2. The van der Waals surface area contributed by atoms with Crippen LogP contribution >= 0.6 is 0 Å². The molecule has 0 heterocycles. The summed E-state index contributed by atoms with van der Waals surface area (Å²) in [7, 11) is -3.37. The molecule has 1 aliphatic carbocycles. The number of sulfonamides is 1. The Hall–Kier alpha value is -0.620. The molecular formula is C12H23NO4S. The Balaban J connectivity index is 2.63. The lowest BCUT2D eigenvalue weighted by Gasteiger charge is -2.26. The third-order valence-corrected chi connectivity index (χ3v) is 5.85. The molecule has 1 saturated carbocycles. The van der Waals surface area contributed by atoms with E-state index in [-0.39, 0.29) is 11.8 Å². The van der Waals surface area contributed by atoms with Gasteiger partial charge in [0.2, 0.25) is 10.0 Å². The van der Waals surface area contributed by atoms with Gasteiger partial charge in [0.05, 0.1) is 10.7 Å². The largest absolute Gasteiger partial charge is 0.481 e. The summed E-state index contributed by atoms with van der Waals surface area (Å²) in [5, 5.41) is 8.76. The van der Waals surface area contributed by atoms with Gasteiger partial charge < -0.3 is 5.11 Å². The summed E-state index contributed by atoms with van der Waals surface area (Å²) < 4.78 is 26.6. The third-order valence-electron chi connectivity index (χ3n) is 3.95. The minimum Gasteiger partial charge on any atom is -0.481 e. The molecule has 1 aliphatic rings. The van der Waals surface area contributed by atoms with Gasteiger partial charge in [-0.2, -0.15) is 0 Å². The van der Waals surface area contributed by atoms with E-state index in [1.54, 1.807) is 13.8 Å². The molecule has 0 amide bonds. The fourth-order valence-corrected chi connectivity index (χ4v) is 3.81. The number of hydrogen-bond acceptors (Lipinski definition) is 3. The standard InChI is InChI=1S/C12H23NO4S/c1-3-12(2,11(14)15)9-13-18(16,17)10-7-5-4-6-8-10/h10,13H,3-9H2,1-2H3,(H,14,15). The Labute approximate surface area is 109 Å². The normalized spacial score (nSPS) is 21.4. The van der Waals surface area contributed by atoms with Gasteiger partial charge in [0.15, 0.2) is 0 Å². The Morgan fingerprint density at radius 2 is 1.89 bits per heavy atom. The molecule has 5 nitrogen and oxygen atoms in total. The summed E-state index contributed by atoms with van der Waals surface area (Å²) in [6, 6.07) is 0. The highest BCUT2D eigenvalue weighted by molar-refractivity contribution is 7.90. The van der Waals surface area contributed by atoms with Crippen LogP contribution in [-0.2, 0) is 14.8 Å². The van der Waals surface area contributed by atoms with Crippen molar-refractivity contribution in [2.75, 3.05) is 6.54 Å². The van der Waals surface area contributed by atoms with Gasteiger partial charge in [0, 0.05) is 6.54 Å². The molecule has 0 aromatic carbocycles. The van der Waals surface area contributed by atoms with Crippen molar-refractivity contribution in [2.24, 2.45) is 5.41 Å². The number of carbonyl (C=O) groups is 1. The molecule has 1 atom stereocenters. The first-order valence-electron chi connectivity index (χ1n) is 6.54. The fraction of sp³-hybridized carbons (Fsp3) is 0.917. The van der Waals surface area contributed by atoms with Gasteiger partial charge in [-0.25, -0.2) is 13.1 Å². The lowest BCUT2D eigenvalue weighted by Crippen LogP contribution is -2.44. The molecule has 1 rings (SSSR count). The summed E-state index contributed by atoms with van der Waals surface area (Å²) in [6.45, 7) is 3.29. The molecule has 0 aromatic heterocycles. The Bertz CT molecular complexity index is 387. The van der Waals surface area contributed by atoms with Gasteiger partial charge in [0.1, 0.15) is 0 Å². The van der Waals surface area contributed by atoms with E-state index >= 15 is 0 Å². The quantitative estimate of drug-likeness (QED) is 0.774. The summed E-state index contributed by atoms with van der Waals surface area (Å²) >= 11 is 0. The van der Waals surface area contributed by atoms with Gasteiger partial charge >= 0.3 is 5.97 Å². The lowest BCUT2D eigenvalue weighted by molar-refractivity contribution is -0.147. The zero-order valence-corrected chi connectivity index (χ0v) is 11.9. The molecule has 0 spiro atoms. The second-order valence-electron chi connectivity index (χ2n) is 5.35. The smallest absolute Gasteiger partial charge is 0.310 e. The highest BCUT2D eigenvalue weighted by Crippen LogP contribution is 2.25. The predicted octanol–water partition coefficient (Wildman–Crippen LogP) is 1.74. The molecule has 1 fully saturated rings. The number of carboxylic acid groups (broad SMARTS) is 1. The van der Waals surface area contributed by atoms with Gasteiger partial charge in [-0.1, -0.05) is 26.2 Å². The van der Waals surface area contributed by atoms with E-state index in [2.05, 4.69) is 4.72 Å². The van der Waals surface area contributed by atoms with E-state index in [0.717, 1.165) is 19.3 Å². The van der Waals surface area contributed by atoms with E-state index in [4.69, 9.17) is 5.11 Å². The molecule has 18 heavy (non-hydrogen) atoms. The minimum absolute atomic E-state index is 0.0301. The van der Waals surface area contributed by atoms with Crippen LogP contribution in [0.2, 0.25) is 0 Å². The number of nitrogens with one attached hydrogen (secondary N) is 1. The van der Waals surface area contributed by atoms with E-state index in [1.165, 1.54) is 0 Å². The van der Waals surface area contributed by atoms with Crippen molar-refractivity contribution < 1.29 is 18.3 Å². The number of carboxylic acids is 1. The number of rotatable bonds is 6. The zero-order valence-electron chi connectivity index (χ0n) is 11.1. The molecule has 106 valence electrons. The highest BCUT2D eigenvalue weighted by Gasteiger charge is 2.34. The Morgan fingerprint density at radius 3 is 2.33 bits per heavy atom. The van der Waals surface area contributed by atoms with Crippen LogP contribution in [0, 0.1) is 5.41 Å². The van der Waals surface area contributed by atoms with Crippen molar-refractivity contribution in [2.45, 2.75) is 57.6 Å². The summed E-state index contributed by atoms with van der Waals surface area (Å²) in [6.07, 6.45) is 4.74. The lowest BCUT2D eigenvalue weighted by atomic mass is 9.88. The minimum atomic E-state index is -3.37. The Kier molecular flexibility index (Phi) is 5.16. The zero-order chi connectivity index (χ0) is 13.8. The predicted molar refractivity (Wildman–Crippen MR) is 69.8 cm³/mol. The maximum atomic E-state index is 12.1. The van der Waals surface area contributed by atoms with E-state index in [0.29, 0.717) is 19.3 Å². The molecule has 1 unspecified atom stereocenters. The van der Waals surface area contributed by atoms with Crippen molar-refractivity contribution in [3.05, 3.63) is 0 Å². The van der Waals surface area contributed by atoms with Crippen molar-refractivity contribution in [3.63, 3.8) is 0 Å². The van der Waals surface area contributed by atoms with Gasteiger partial charge in [0.25, 0.3) is 0 Å². The van der Waals surface area contributed by atoms with Crippen LogP contribution in [0.5, 0.6) is 0 Å². The fourth-order valence-electron chi connectivity index (χ4n) is 2.10. The third kappa shape index (κ3) is 3.68. The molecule has 0 bridgehead atoms. The van der Waals surface area contributed by atoms with Crippen molar-refractivity contribution >= 4 is 16.0 Å². The number of hydrogen-bond donors (Lipinski definition) is 2. The van der Waals surface area contributed by atoms with Crippen LogP contribution in [0.3, 0.4) is 0 Å². The second-order valence-corrected chi connectivity index (χ2v) is 7.39. The first-order valence-corrected chi connectivity index (χ1v) is 8.08. The first kappa shape index (κ1) is 15.4. The summed E-state index contributed by atoms with van der Waals surface area (Å²) in [4.78, 5) is 11.1. The van der Waals surface area contributed by atoms with E-state index in [9.17, 15) is 13.2 Å². The second kappa shape index (κ2) is 6.02. The van der Waals surface area contributed by atoms with E-state index in [1.807, 2.05) is 0 Å². The molecule has 0 saturated heterocycles. The van der Waals surface area contributed by atoms with Crippen molar-refractivity contribution in [3.8, 4) is 0 Å². The molecule has 2 N–H and O–H groups in total. The van der Waals surface area contributed by atoms with Crippen LogP contribution in [0.4, 0.5) is 0 Å². The van der Waals surface area contributed by atoms with E-state index < -0.39 is 21.4 Å². The maximum Gasteiger partial charge on any atom is 0.310 e. The molecular weight excluding hydrogens is 254 g/mol. The topological polar surface area (TPSA) is 83.5 Å². The molecule has 0 radical (unpaired) electrons.